The van der Waals surface area contributed by atoms with Gasteiger partial charge in [-0.05, 0) is 24.6 Å². The molecule has 0 heterocycles. The number of rotatable bonds is 5. The Morgan fingerprint density at radius 3 is 2.57 bits per heavy atom. The van der Waals surface area contributed by atoms with E-state index in [1.807, 2.05) is 6.92 Å². The van der Waals surface area contributed by atoms with Crippen LogP contribution in [0.25, 0.3) is 0 Å². The van der Waals surface area contributed by atoms with Crippen LogP contribution in [0.5, 0.6) is 0 Å². The highest BCUT2D eigenvalue weighted by Gasteiger charge is 2.12. The highest BCUT2D eigenvalue weighted by molar-refractivity contribution is 14.0. The van der Waals surface area contributed by atoms with E-state index < -0.39 is 9.84 Å². The van der Waals surface area contributed by atoms with Gasteiger partial charge in [0.2, 0.25) is 0 Å². The molecular weight excluding hydrogens is 425 g/mol. The average molecular weight is 444 g/mol. The number of nitrogens with zero attached hydrogens (tertiary/aromatic N) is 1. The molecule has 0 aliphatic heterocycles. The van der Waals surface area contributed by atoms with Crippen LogP contribution in [0, 0.1) is 0 Å². The Hall–Kier alpha value is -0.800. The fraction of sp³-hybridized carbons (Fsp3) is 0.308. The first-order valence-corrected chi connectivity index (χ1v) is 8.13. The molecule has 0 fully saturated rings. The van der Waals surface area contributed by atoms with Crippen molar-refractivity contribution in [1.29, 1.82) is 0 Å². The fourth-order valence-electron chi connectivity index (χ4n) is 1.42. The second-order valence-corrected chi connectivity index (χ2v) is 6.94. The summed E-state index contributed by atoms with van der Waals surface area (Å²) in [5.41, 5.74) is 7.40. The number of hydrogen-bond acceptors (Lipinski definition) is 3. The quantitative estimate of drug-likeness (QED) is 0.317. The molecule has 1 aromatic rings. The Morgan fingerprint density at radius 1 is 1.48 bits per heavy atom. The first-order chi connectivity index (χ1) is 9.20. The summed E-state index contributed by atoms with van der Waals surface area (Å²) < 4.78 is 22.9. The van der Waals surface area contributed by atoms with Gasteiger partial charge in [-0.2, -0.15) is 0 Å². The van der Waals surface area contributed by atoms with Crippen molar-refractivity contribution in [2.24, 2.45) is 10.7 Å². The first-order valence-electron chi connectivity index (χ1n) is 5.87. The van der Waals surface area contributed by atoms with Crippen molar-refractivity contribution in [2.45, 2.75) is 18.4 Å². The van der Waals surface area contributed by atoms with Gasteiger partial charge >= 0.3 is 0 Å². The third-order valence-electron chi connectivity index (χ3n) is 2.40. The Morgan fingerprint density at radius 2 is 2.10 bits per heavy atom. The van der Waals surface area contributed by atoms with Gasteiger partial charge in [0, 0.05) is 12.8 Å². The lowest BCUT2D eigenvalue weighted by Gasteiger charge is -2.06. The summed E-state index contributed by atoms with van der Waals surface area (Å²) in [5, 5.41) is 3.09. The van der Waals surface area contributed by atoms with E-state index in [1.54, 1.807) is 12.1 Å². The first kappa shape index (κ1) is 20.2. The van der Waals surface area contributed by atoms with Crippen molar-refractivity contribution >= 4 is 51.4 Å². The SMILES string of the molecule is C=C(C)CNC(N)=NCc1ccc(S(C)(=O)=O)c(Cl)c1.I. The fourth-order valence-corrected chi connectivity index (χ4v) is 2.77. The Bertz CT molecular complexity index is 645. The molecule has 0 aliphatic rings. The van der Waals surface area contributed by atoms with E-state index in [2.05, 4.69) is 16.9 Å². The number of nitrogens with one attached hydrogen (secondary N) is 1. The molecule has 118 valence electrons. The number of benzene rings is 1. The van der Waals surface area contributed by atoms with Gasteiger partial charge < -0.3 is 11.1 Å². The van der Waals surface area contributed by atoms with Gasteiger partial charge in [-0.3, -0.25) is 0 Å². The lowest BCUT2D eigenvalue weighted by atomic mass is 10.2. The minimum absolute atomic E-state index is 0. The van der Waals surface area contributed by atoms with Crippen LogP contribution >= 0.6 is 35.6 Å². The number of halogens is 2. The van der Waals surface area contributed by atoms with E-state index in [1.165, 1.54) is 6.07 Å². The minimum atomic E-state index is -3.31. The topological polar surface area (TPSA) is 84.5 Å². The van der Waals surface area contributed by atoms with Crippen LogP contribution in [0.2, 0.25) is 5.02 Å². The van der Waals surface area contributed by atoms with E-state index >= 15 is 0 Å². The van der Waals surface area contributed by atoms with Crippen LogP contribution in [0.1, 0.15) is 12.5 Å². The molecule has 0 unspecified atom stereocenters. The highest BCUT2D eigenvalue weighted by Crippen LogP contribution is 2.22. The van der Waals surface area contributed by atoms with E-state index in [0.29, 0.717) is 19.0 Å². The van der Waals surface area contributed by atoms with Gasteiger partial charge in [0.15, 0.2) is 15.8 Å². The molecule has 0 spiro atoms. The molecular formula is C13H19ClIN3O2S. The van der Waals surface area contributed by atoms with Crippen LogP contribution in [0.3, 0.4) is 0 Å². The molecule has 1 rings (SSSR count). The maximum absolute atomic E-state index is 11.4. The molecule has 0 aromatic heterocycles. The summed E-state index contributed by atoms with van der Waals surface area (Å²) in [5.74, 6) is 0.302. The molecule has 21 heavy (non-hydrogen) atoms. The Labute approximate surface area is 147 Å². The van der Waals surface area contributed by atoms with E-state index in [-0.39, 0.29) is 33.9 Å². The van der Waals surface area contributed by atoms with E-state index in [9.17, 15) is 8.42 Å². The average Bonchev–Trinajstić information content (AvgIpc) is 2.32. The number of aliphatic imine (C=N–C) groups is 1. The maximum Gasteiger partial charge on any atom is 0.189 e. The normalized spacial score (nSPS) is 11.7. The van der Waals surface area contributed by atoms with Crippen LogP contribution in [-0.4, -0.2) is 27.2 Å². The van der Waals surface area contributed by atoms with Crippen molar-refractivity contribution in [3.8, 4) is 0 Å². The zero-order chi connectivity index (χ0) is 15.3. The molecule has 0 saturated carbocycles. The zero-order valence-corrected chi connectivity index (χ0v) is 15.8. The molecule has 1 aromatic carbocycles. The molecule has 5 nitrogen and oxygen atoms in total. The molecule has 0 atom stereocenters. The summed E-state index contributed by atoms with van der Waals surface area (Å²) in [6, 6.07) is 4.71. The van der Waals surface area contributed by atoms with Crippen LogP contribution < -0.4 is 11.1 Å². The second kappa shape index (κ2) is 8.60. The lowest BCUT2D eigenvalue weighted by molar-refractivity contribution is 0.602. The van der Waals surface area contributed by atoms with Gasteiger partial charge in [0.05, 0.1) is 16.5 Å². The van der Waals surface area contributed by atoms with Crippen LogP contribution in [-0.2, 0) is 16.4 Å². The smallest absolute Gasteiger partial charge is 0.189 e. The van der Waals surface area contributed by atoms with Crippen molar-refractivity contribution in [2.75, 3.05) is 12.8 Å². The maximum atomic E-state index is 11.4. The third-order valence-corrected chi connectivity index (χ3v) is 3.98. The number of hydrogen-bond donors (Lipinski definition) is 2. The van der Waals surface area contributed by atoms with Gasteiger partial charge in [0.1, 0.15) is 0 Å². The summed E-state index contributed by atoms with van der Waals surface area (Å²) in [6.07, 6.45) is 1.12. The molecule has 0 radical (unpaired) electrons. The van der Waals surface area contributed by atoms with Crippen molar-refractivity contribution < 1.29 is 8.42 Å². The van der Waals surface area contributed by atoms with Crippen molar-refractivity contribution in [3.05, 3.63) is 40.9 Å². The van der Waals surface area contributed by atoms with Crippen LogP contribution in [0.15, 0.2) is 40.2 Å². The van der Waals surface area contributed by atoms with Gasteiger partial charge in [-0.1, -0.05) is 29.8 Å². The number of nitrogens with two attached hydrogens (primary N) is 1. The minimum Gasteiger partial charge on any atom is -0.370 e. The van der Waals surface area contributed by atoms with Gasteiger partial charge in [-0.25, -0.2) is 13.4 Å². The largest absolute Gasteiger partial charge is 0.370 e. The third kappa shape index (κ3) is 7.14. The van der Waals surface area contributed by atoms with Crippen molar-refractivity contribution in [1.82, 2.24) is 5.32 Å². The van der Waals surface area contributed by atoms with E-state index in [0.717, 1.165) is 17.4 Å². The summed E-state index contributed by atoms with van der Waals surface area (Å²) in [4.78, 5) is 4.24. The monoisotopic (exact) mass is 443 g/mol. The zero-order valence-electron chi connectivity index (χ0n) is 11.9. The lowest BCUT2D eigenvalue weighted by Crippen LogP contribution is -2.32. The Balaban J connectivity index is 0.00000400. The van der Waals surface area contributed by atoms with Crippen molar-refractivity contribution in [3.63, 3.8) is 0 Å². The Kier molecular flexibility index (Phi) is 8.27. The molecule has 8 heteroatoms. The number of sulfone groups is 1. The summed E-state index contributed by atoms with van der Waals surface area (Å²) in [6.45, 7) is 6.50. The predicted octanol–water partition coefficient (Wildman–Crippen LogP) is 2.34. The van der Waals surface area contributed by atoms with Crippen LogP contribution in [0.4, 0.5) is 0 Å². The molecule has 0 aliphatic carbocycles. The predicted molar refractivity (Wildman–Crippen MR) is 98.1 cm³/mol. The van der Waals surface area contributed by atoms with E-state index in [4.69, 9.17) is 17.3 Å². The van der Waals surface area contributed by atoms with Gasteiger partial charge in [0.25, 0.3) is 0 Å². The molecule has 0 bridgehead atoms. The molecule has 0 amide bonds. The molecule has 3 N–H and O–H groups in total. The number of guanidine groups is 1. The molecule has 0 saturated heterocycles. The summed E-state index contributed by atoms with van der Waals surface area (Å²) >= 11 is 5.95. The standard InChI is InChI=1S/C13H18ClN3O2S.HI/c1-9(2)7-16-13(15)17-8-10-4-5-12(11(14)6-10)20(3,18)19;/h4-6H,1,7-8H2,2-3H3,(H3,15,16,17);1H. The van der Waals surface area contributed by atoms with Gasteiger partial charge in [-0.15, -0.1) is 24.0 Å². The summed E-state index contributed by atoms with van der Waals surface area (Å²) in [7, 11) is -3.31. The highest BCUT2D eigenvalue weighted by atomic mass is 127. The second-order valence-electron chi connectivity index (χ2n) is 4.55.